The average Bonchev–Trinajstić information content (AvgIpc) is 2.46. The van der Waals surface area contributed by atoms with Gasteiger partial charge in [-0.15, -0.1) is 0 Å². The Bertz CT molecular complexity index is 651. The van der Waals surface area contributed by atoms with Crippen LogP contribution >= 0.6 is 0 Å². The van der Waals surface area contributed by atoms with E-state index in [2.05, 4.69) is 4.72 Å². The van der Waals surface area contributed by atoms with Crippen molar-refractivity contribution in [2.75, 3.05) is 19.3 Å². The van der Waals surface area contributed by atoms with Crippen LogP contribution in [-0.2, 0) is 25.7 Å². The van der Waals surface area contributed by atoms with Crippen molar-refractivity contribution in [1.29, 1.82) is 0 Å². The van der Waals surface area contributed by atoms with E-state index in [4.69, 9.17) is 4.74 Å². The number of ether oxygens (including phenoxy) is 1. The fourth-order valence-electron chi connectivity index (χ4n) is 2.64. The molecule has 23 heavy (non-hydrogen) atoms. The van der Waals surface area contributed by atoms with Gasteiger partial charge >= 0.3 is 0 Å². The van der Waals surface area contributed by atoms with Gasteiger partial charge in [-0.25, -0.2) is 0 Å². The summed E-state index contributed by atoms with van der Waals surface area (Å²) in [6.45, 7) is 6.22. The highest BCUT2D eigenvalue weighted by atomic mass is 32.2. The first-order valence-corrected chi connectivity index (χ1v) is 10.5. The van der Waals surface area contributed by atoms with Crippen LogP contribution in [0.1, 0.15) is 32.4 Å². The van der Waals surface area contributed by atoms with Crippen molar-refractivity contribution in [3.63, 3.8) is 0 Å². The Kier molecular flexibility index (Phi) is 5.96. The summed E-state index contributed by atoms with van der Waals surface area (Å²) in [5, 5.41) is 0. The minimum absolute atomic E-state index is 0.121. The van der Waals surface area contributed by atoms with Gasteiger partial charge in [0.25, 0.3) is 10.2 Å². The van der Waals surface area contributed by atoms with Crippen LogP contribution in [0.15, 0.2) is 29.2 Å². The molecular weight excluding hydrogens is 336 g/mol. The zero-order chi connectivity index (χ0) is 17.2. The fourth-order valence-corrected chi connectivity index (χ4v) is 4.70. The monoisotopic (exact) mass is 360 g/mol. The lowest BCUT2D eigenvalue weighted by molar-refractivity contribution is -0.0444. The molecule has 1 aliphatic heterocycles. The van der Waals surface area contributed by atoms with Crippen LogP contribution in [0.4, 0.5) is 0 Å². The Morgan fingerprint density at radius 2 is 1.74 bits per heavy atom. The molecule has 6 nitrogen and oxygen atoms in total. The van der Waals surface area contributed by atoms with E-state index >= 15 is 0 Å². The zero-order valence-electron chi connectivity index (χ0n) is 13.9. The minimum atomic E-state index is -3.58. The number of rotatable bonds is 5. The van der Waals surface area contributed by atoms with Gasteiger partial charge in [-0.05, 0) is 38.5 Å². The number of nitrogens with zero attached hydrogens (tertiary/aromatic N) is 1. The third kappa shape index (κ3) is 4.84. The van der Waals surface area contributed by atoms with Crippen molar-refractivity contribution >= 4 is 21.0 Å². The summed E-state index contributed by atoms with van der Waals surface area (Å²) in [7, 11) is -4.62. The van der Waals surface area contributed by atoms with Gasteiger partial charge in [-0.1, -0.05) is 12.1 Å². The molecule has 0 spiro atoms. The van der Waals surface area contributed by atoms with Crippen molar-refractivity contribution in [2.24, 2.45) is 0 Å². The van der Waals surface area contributed by atoms with Gasteiger partial charge < -0.3 is 4.74 Å². The van der Waals surface area contributed by atoms with E-state index < -0.39 is 21.0 Å². The van der Waals surface area contributed by atoms with E-state index in [0.29, 0.717) is 13.1 Å². The summed E-state index contributed by atoms with van der Waals surface area (Å²) in [4.78, 5) is 0.722. The Morgan fingerprint density at radius 1 is 1.22 bits per heavy atom. The van der Waals surface area contributed by atoms with Gasteiger partial charge in [-0.2, -0.15) is 17.4 Å². The first kappa shape index (κ1) is 18.5. The Balaban J connectivity index is 2.08. The molecule has 0 saturated carbocycles. The van der Waals surface area contributed by atoms with Crippen molar-refractivity contribution in [2.45, 2.75) is 43.9 Å². The Hall–Kier alpha value is -0.800. The zero-order valence-corrected chi connectivity index (χ0v) is 15.5. The molecule has 1 saturated heterocycles. The lowest BCUT2D eigenvalue weighted by atomic mass is 10.1. The maximum atomic E-state index is 12.5. The summed E-state index contributed by atoms with van der Waals surface area (Å²) in [6.07, 6.45) is 1.37. The molecule has 130 valence electrons. The van der Waals surface area contributed by atoms with E-state index in [9.17, 15) is 12.6 Å². The van der Waals surface area contributed by atoms with Crippen LogP contribution in [0.2, 0.25) is 0 Å². The number of morpholine rings is 1. The van der Waals surface area contributed by atoms with E-state index in [1.165, 1.54) is 4.31 Å². The van der Waals surface area contributed by atoms with Gasteiger partial charge in [0, 0.05) is 41.1 Å². The largest absolute Gasteiger partial charge is 0.373 e. The summed E-state index contributed by atoms with van der Waals surface area (Å²) in [5.41, 5.74) is 0.831. The quantitative estimate of drug-likeness (QED) is 0.862. The van der Waals surface area contributed by atoms with E-state index in [0.717, 1.165) is 10.5 Å². The second-order valence-electron chi connectivity index (χ2n) is 5.94. The molecule has 1 heterocycles. The van der Waals surface area contributed by atoms with Crippen molar-refractivity contribution in [3.05, 3.63) is 29.8 Å². The summed E-state index contributed by atoms with van der Waals surface area (Å²) < 4.78 is 46.2. The molecule has 4 atom stereocenters. The fraction of sp³-hybridized carbons (Fsp3) is 0.600. The first-order chi connectivity index (χ1) is 10.7. The number of hydrogen-bond donors (Lipinski definition) is 1. The highest BCUT2D eigenvalue weighted by molar-refractivity contribution is 7.87. The van der Waals surface area contributed by atoms with Crippen molar-refractivity contribution < 1.29 is 17.4 Å². The van der Waals surface area contributed by atoms with E-state index in [1.807, 2.05) is 13.8 Å². The van der Waals surface area contributed by atoms with Crippen LogP contribution in [0.3, 0.4) is 0 Å². The molecule has 8 heteroatoms. The van der Waals surface area contributed by atoms with E-state index in [-0.39, 0.29) is 18.2 Å². The number of nitrogens with one attached hydrogen (secondary N) is 1. The Morgan fingerprint density at radius 3 is 2.22 bits per heavy atom. The molecule has 1 aromatic rings. The topological polar surface area (TPSA) is 75.7 Å². The molecule has 1 N–H and O–H groups in total. The maximum Gasteiger partial charge on any atom is 0.280 e. The lowest BCUT2D eigenvalue weighted by Gasteiger charge is -2.35. The molecule has 1 aliphatic rings. The standard InChI is InChI=1S/C15H24N2O4S2/c1-11-9-17(10-12(2)21-11)23(19,20)16-13(3)14-5-7-15(8-6-14)22(4)18/h5-8,11-13,16H,9-10H2,1-4H3/t11-,12+,13-,22+/m1/s1. The molecule has 0 amide bonds. The van der Waals surface area contributed by atoms with Crippen LogP contribution < -0.4 is 4.72 Å². The van der Waals surface area contributed by atoms with Gasteiger partial charge in [-0.3, -0.25) is 4.21 Å². The molecule has 0 unspecified atom stereocenters. The molecule has 0 aliphatic carbocycles. The van der Waals surface area contributed by atoms with Crippen LogP contribution in [-0.4, -0.2) is 48.5 Å². The van der Waals surface area contributed by atoms with Gasteiger partial charge in [0.15, 0.2) is 0 Å². The van der Waals surface area contributed by atoms with Crippen molar-refractivity contribution in [1.82, 2.24) is 9.03 Å². The second-order valence-corrected chi connectivity index (χ2v) is 9.02. The molecule has 0 bridgehead atoms. The van der Waals surface area contributed by atoms with Gasteiger partial charge in [0.2, 0.25) is 0 Å². The van der Waals surface area contributed by atoms with Gasteiger partial charge in [0.1, 0.15) is 0 Å². The van der Waals surface area contributed by atoms with Gasteiger partial charge in [0.05, 0.1) is 12.2 Å². The third-order valence-corrected chi connectivity index (χ3v) is 6.33. The second kappa shape index (κ2) is 7.40. The SMILES string of the molecule is C[C@@H]1CN(S(=O)(=O)N[C@H](C)c2ccc([S@](C)=O)cc2)C[C@H](C)O1. The predicted molar refractivity (Wildman–Crippen MR) is 90.8 cm³/mol. The summed E-state index contributed by atoms with van der Waals surface area (Å²) in [5.74, 6) is 0. The molecule has 2 rings (SSSR count). The summed E-state index contributed by atoms with van der Waals surface area (Å²) >= 11 is 0. The first-order valence-electron chi connectivity index (χ1n) is 7.55. The summed E-state index contributed by atoms with van der Waals surface area (Å²) in [6, 6.07) is 6.75. The molecule has 1 fully saturated rings. The molecular formula is C15H24N2O4S2. The highest BCUT2D eigenvalue weighted by Gasteiger charge is 2.31. The minimum Gasteiger partial charge on any atom is -0.373 e. The Labute approximate surface area is 140 Å². The normalized spacial score (nSPS) is 25.9. The maximum absolute atomic E-state index is 12.5. The molecule has 0 radical (unpaired) electrons. The predicted octanol–water partition coefficient (Wildman–Crippen LogP) is 1.43. The lowest BCUT2D eigenvalue weighted by Crippen LogP contribution is -2.52. The number of hydrogen-bond acceptors (Lipinski definition) is 4. The smallest absolute Gasteiger partial charge is 0.280 e. The third-order valence-electron chi connectivity index (χ3n) is 3.76. The highest BCUT2D eigenvalue weighted by Crippen LogP contribution is 2.19. The van der Waals surface area contributed by atoms with E-state index in [1.54, 1.807) is 37.4 Å². The number of benzene rings is 1. The average molecular weight is 361 g/mol. The molecule has 0 aromatic heterocycles. The van der Waals surface area contributed by atoms with Crippen LogP contribution in [0.25, 0.3) is 0 Å². The van der Waals surface area contributed by atoms with Crippen LogP contribution in [0.5, 0.6) is 0 Å². The van der Waals surface area contributed by atoms with Crippen LogP contribution in [0, 0.1) is 0 Å². The molecule has 1 aromatic carbocycles. The van der Waals surface area contributed by atoms with Crippen molar-refractivity contribution in [3.8, 4) is 0 Å².